The zero-order valence-corrected chi connectivity index (χ0v) is 22.5. The van der Waals surface area contributed by atoms with Crippen molar-refractivity contribution in [3.05, 3.63) is 58.2 Å². The normalized spacial score (nSPS) is 12.4. The molecule has 0 radical (unpaired) electrons. The highest BCUT2D eigenvalue weighted by molar-refractivity contribution is 5.99. The van der Waals surface area contributed by atoms with Crippen molar-refractivity contribution in [3.63, 3.8) is 0 Å². The van der Waals surface area contributed by atoms with E-state index >= 15 is 0 Å². The van der Waals surface area contributed by atoms with Crippen molar-refractivity contribution in [1.29, 1.82) is 0 Å². The number of hydrogen-bond acceptors (Lipinski definition) is 8. The number of rotatable bonds is 13. The van der Waals surface area contributed by atoms with E-state index in [9.17, 15) is 19.2 Å². The van der Waals surface area contributed by atoms with Crippen LogP contribution in [0.2, 0.25) is 0 Å². The van der Waals surface area contributed by atoms with Gasteiger partial charge >= 0.3 is 17.9 Å². The Morgan fingerprint density at radius 3 is 2.38 bits per heavy atom. The quantitative estimate of drug-likeness (QED) is 0.210. The Morgan fingerprint density at radius 2 is 1.74 bits per heavy atom. The summed E-state index contributed by atoms with van der Waals surface area (Å²) in [7, 11) is 3.05. The van der Waals surface area contributed by atoms with E-state index in [4.69, 9.17) is 24.1 Å². The number of ether oxygens (including phenoxy) is 4. The van der Waals surface area contributed by atoms with Crippen molar-refractivity contribution in [2.24, 2.45) is 0 Å². The topological polar surface area (TPSA) is 137 Å². The SMILES string of the molecule is COc1ccc(NC(=O)CCCC(=O)Oc2c(C/C=C(\C)CCC(=O)O)c(OC)c(C)c3c2C(=O)OC3)cc1. The van der Waals surface area contributed by atoms with Gasteiger partial charge in [-0.3, -0.25) is 14.4 Å². The number of carbonyl (C=O) groups is 4. The molecule has 0 aliphatic carbocycles. The zero-order valence-electron chi connectivity index (χ0n) is 22.5. The summed E-state index contributed by atoms with van der Waals surface area (Å²) >= 11 is 0. The molecule has 2 N–H and O–H groups in total. The number of benzene rings is 2. The number of esters is 2. The number of hydrogen-bond donors (Lipinski definition) is 2. The smallest absolute Gasteiger partial charge is 0.342 e. The number of amides is 1. The van der Waals surface area contributed by atoms with Crippen LogP contribution in [0.4, 0.5) is 5.69 Å². The van der Waals surface area contributed by atoms with Crippen LogP contribution in [0.25, 0.3) is 0 Å². The summed E-state index contributed by atoms with van der Waals surface area (Å²) < 4.78 is 21.7. The first-order valence-corrected chi connectivity index (χ1v) is 12.6. The van der Waals surface area contributed by atoms with E-state index < -0.39 is 17.9 Å². The number of aliphatic carboxylic acids is 1. The molecule has 2 aromatic carbocycles. The molecule has 1 heterocycles. The van der Waals surface area contributed by atoms with E-state index in [-0.39, 0.29) is 55.9 Å². The van der Waals surface area contributed by atoms with Gasteiger partial charge in [0.2, 0.25) is 5.91 Å². The van der Waals surface area contributed by atoms with Crippen LogP contribution >= 0.6 is 0 Å². The molecule has 0 saturated carbocycles. The number of allylic oxidation sites excluding steroid dienone is 2. The van der Waals surface area contributed by atoms with E-state index in [0.29, 0.717) is 40.3 Å². The fourth-order valence-corrected chi connectivity index (χ4v) is 4.26. The van der Waals surface area contributed by atoms with Crippen molar-refractivity contribution in [3.8, 4) is 17.2 Å². The van der Waals surface area contributed by atoms with E-state index in [2.05, 4.69) is 5.32 Å². The molecule has 0 bridgehead atoms. The largest absolute Gasteiger partial charge is 0.497 e. The molecule has 10 heteroatoms. The van der Waals surface area contributed by atoms with Crippen LogP contribution in [0.15, 0.2) is 35.9 Å². The average molecular weight is 540 g/mol. The number of carboxylic acid groups (broad SMARTS) is 1. The van der Waals surface area contributed by atoms with Crippen molar-refractivity contribution in [1.82, 2.24) is 0 Å². The van der Waals surface area contributed by atoms with Gasteiger partial charge in [0.15, 0.2) is 5.75 Å². The van der Waals surface area contributed by atoms with Crippen LogP contribution in [-0.4, -0.2) is 43.1 Å². The van der Waals surface area contributed by atoms with Gasteiger partial charge in [-0.15, -0.1) is 0 Å². The Labute approximate surface area is 226 Å². The number of fused-ring (bicyclic) bond motifs is 1. The first-order chi connectivity index (χ1) is 18.6. The highest BCUT2D eigenvalue weighted by Crippen LogP contribution is 2.43. The molecule has 0 spiro atoms. The summed E-state index contributed by atoms with van der Waals surface area (Å²) in [4.78, 5) is 48.7. The van der Waals surface area contributed by atoms with Gasteiger partial charge in [-0.1, -0.05) is 11.6 Å². The Hall–Kier alpha value is -4.34. The summed E-state index contributed by atoms with van der Waals surface area (Å²) in [5, 5.41) is 11.7. The van der Waals surface area contributed by atoms with Crippen LogP contribution in [0.1, 0.15) is 66.1 Å². The van der Waals surface area contributed by atoms with Gasteiger partial charge in [0.05, 0.1) is 14.2 Å². The zero-order chi connectivity index (χ0) is 28.5. The molecule has 0 unspecified atom stereocenters. The Balaban J connectivity index is 1.73. The van der Waals surface area contributed by atoms with E-state index in [1.807, 2.05) is 13.0 Å². The highest BCUT2D eigenvalue weighted by Gasteiger charge is 2.34. The summed E-state index contributed by atoms with van der Waals surface area (Å²) in [5.41, 5.74) is 3.42. The van der Waals surface area contributed by atoms with Crippen molar-refractivity contribution < 1.29 is 43.2 Å². The first kappa shape index (κ1) is 29.2. The number of anilines is 1. The predicted molar refractivity (Wildman–Crippen MR) is 142 cm³/mol. The second-order valence-electron chi connectivity index (χ2n) is 9.15. The van der Waals surface area contributed by atoms with Gasteiger partial charge in [0, 0.05) is 36.1 Å². The van der Waals surface area contributed by atoms with Crippen molar-refractivity contribution >= 4 is 29.5 Å². The second kappa shape index (κ2) is 13.5. The molecule has 0 fully saturated rings. The number of nitrogens with one attached hydrogen (secondary N) is 1. The molecule has 208 valence electrons. The van der Waals surface area contributed by atoms with E-state index in [0.717, 1.165) is 5.57 Å². The maximum Gasteiger partial charge on any atom is 0.342 e. The van der Waals surface area contributed by atoms with Gasteiger partial charge in [0.25, 0.3) is 0 Å². The third kappa shape index (κ3) is 7.59. The Kier molecular flexibility index (Phi) is 10.1. The molecule has 0 atom stereocenters. The molecule has 1 aliphatic heterocycles. The maximum absolute atomic E-state index is 12.8. The van der Waals surface area contributed by atoms with Gasteiger partial charge < -0.3 is 29.4 Å². The molecule has 39 heavy (non-hydrogen) atoms. The second-order valence-corrected chi connectivity index (χ2v) is 9.15. The molecule has 1 amide bonds. The Morgan fingerprint density at radius 1 is 1.03 bits per heavy atom. The molecule has 10 nitrogen and oxygen atoms in total. The van der Waals surface area contributed by atoms with Crippen LogP contribution in [0.3, 0.4) is 0 Å². The average Bonchev–Trinajstić information content (AvgIpc) is 3.30. The number of carbonyl (C=O) groups excluding carboxylic acids is 3. The highest BCUT2D eigenvalue weighted by atomic mass is 16.6. The molecular weight excluding hydrogens is 506 g/mol. The lowest BCUT2D eigenvalue weighted by molar-refractivity contribution is -0.137. The van der Waals surface area contributed by atoms with Gasteiger partial charge in [-0.25, -0.2) is 4.79 Å². The summed E-state index contributed by atoms with van der Waals surface area (Å²) in [6.45, 7) is 3.66. The minimum Gasteiger partial charge on any atom is -0.497 e. The van der Waals surface area contributed by atoms with Crippen molar-refractivity contribution in [2.75, 3.05) is 19.5 Å². The van der Waals surface area contributed by atoms with E-state index in [1.54, 1.807) is 38.3 Å². The van der Waals surface area contributed by atoms with Gasteiger partial charge in [0.1, 0.15) is 23.7 Å². The Bertz CT molecular complexity index is 1280. The van der Waals surface area contributed by atoms with E-state index in [1.165, 1.54) is 7.11 Å². The monoisotopic (exact) mass is 539 g/mol. The summed E-state index contributed by atoms with van der Waals surface area (Å²) in [6.07, 6.45) is 2.71. The molecule has 2 aromatic rings. The molecular formula is C29H33NO9. The minimum absolute atomic E-state index is 0.0110. The van der Waals surface area contributed by atoms with Crippen LogP contribution in [0.5, 0.6) is 17.2 Å². The third-order valence-corrected chi connectivity index (χ3v) is 6.39. The standard InChI is InChI=1S/C29H33NO9/c1-17(9-15-24(32)33)8-14-21-27(37-4)18(2)22-16-38-29(35)26(22)28(21)39-25(34)7-5-6-23(31)30-19-10-12-20(36-3)13-11-19/h8,10-13H,5-7,9,14-16H2,1-4H3,(H,30,31)(H,32,33)/b17-8+. The number of cyclic esters (lactones) is 1. The van der Waals surface area contributed by atoms with Crippen LogP contribution in [-0.2, 0) is 32.1 Å². The van der Waals surface area contributed by atoms with Gasteiger partial charge in [-0.2, -0.15) is 0 Å². The molecule has 0 saturated heterocycles. The fraction of sp³-hybridized carbons (Fsp3) is 0.379. The number of methoxy groups -OCH3 is 2. The number of carboxylic acids is 1. The molecule has 3 rings (SSSR count). The lowest BCUT2D eigenvalue weighted by Crippen LogP contribution is -2.16. The summed E-state index contributed by atoms with van der Waals surface area (Å²) in [6, 6.07) is 6.89. The third-order valence-electron chi connectivity index (χ3n) is 6.39. The lowest BCUT2D eigenvalue weighted by atomic mass is 9.94. The summed E-state index contributed by atoms with van der Waals surface area (Å²) in [5.74, 6) is -1.14. The predicted octanol–water partition coefficient (Wildman–Crippen LogP) is 4.75. The molecule has 1 aliphatic rings. The first-order valence-electron chi connectivity index (χ1n) is 12.6. The fourth-order valence-electron chi connectivity index (χ4n) is 4.26. The lowest BCUT2D eigenvalue weighted by Gasteiger charge is -2.19. The van der Waals surface area contributed by atoms with Crippen molar-refractivity contribution in [2.45, 2.75) is 59.0 Å². The van der Waals surface area contributed by atoms with Crippen LogP contribution < -0.4 is 19.5 Å². The maximum atomic E-state index is 12.8. The van der Waals surface area contributed by atoms with Crippen LogP contribution in [0, 0.1) is 6.92 Å². The molecule has 0 aromatic heterocycles. The minimum atomic E-state index is -0.899. The van der Waals surface area contributed by atoms with Gasteiger partial charge in [-0.05, 0) is 62.9 Å².